The fourth-order valence-electron chi connectivity index (χ4n) is 3.27. The zero-order valence-electron chi connectivity index (χ0n) is 15.9. The van der Waals surface area contributed by atoms with Crippen molar-refractivity contribution in [1.29, 1.82) is 0 Å². The lowest BCUT2D eigenvalue weighted by Crippen LogP contribution is -1.95. The van der Waals surface area contributed by atoms with E-state index < -0.39 is 0 Å². The van der Waals surface area contributed by atoms with Crippen molar-refractivity contribution in [2.24, 2.45) is 0 Å². The van der Waals surface area contributed by atoms with E-state index in [2.05, 4.69) is 30.9 Å². The van der Waals surface area contributed by atoms with Crippen LogP contribution in [-0.2, 0) is 6.42 Å². The van der Waals surface area contributed by atoms with Gasteiger partial charge in [-0.25, -0.2) is 0 Å². The van der Waals surface area contributed by atoms with E-state index >= 15 is 0 Å². The van der Waals surface area contributed by atoms with Crippen LogP contribution >= 0.6 is 0 Å². The van der Waals surface area contributed by atoms with E-state index in [0.717, 1.165) is 40.7 Å². The molecule has 0 saturated carbocycles. The lowest BCUT2D eigenvalue weighted by Gasteiger charge is -2.12. The third-order valence-electron chi connectivity index (χ3n) is 4.69. The highest BCUT2D eigenvalue weighted by Crippen LogP contribution is 2.31. The van der Waals surface area contributed by atoms with Crippen molar-refractivity contribution in [2.45, 2.75) is 39.0 Å². The molecule has 0 bridgehead atoms. The van der Waals surface area contributed by atoms with Gasteiger partial charge in [0.25, 0.3) is 0 Å². The van der Waals surface area contributed by atoms with E-state index in [1.165, 1.54) is 19.3 Å². The molecule has 0 saturated heterocycles. The van der Waals surface area contributed by atoms with Gasteiger partial charge in [0.1, 0.15) is 5.75 Å². The van der Waals surface area contributed by atoms with Gasteiger partial charge < -0.3 is 5.11 Å². The molecule has 0 fully saturated rings. The number of hydrogen-bond acceptors (Lipinski definition) is 1. The Balaban J connectivity index is 2.04. The van der Waals surface area contributed by atoms with E-state index in [1.807, 2.05) is 60.7 Å². The van der Waals surface area contributed by atoms with Gasteiger partial charge in [0.05, 0.1) is 0 Å². The summed E-state index contributed by atoms with van der Waals surface area (Å²) in [5, 5.41) is 10.3. The van der Waals surface area contributed by atoms with Crippen molar-refractivity contribution in [1.82, 2.24) is 0 Å². The highest BCUT2D eigenvalue weighted by atomic mass is 16.3. The molecule has 1 N–H and O–H groups in total. The summed E-state index contributed by atoms with van der Waals surface area (Å²) >= 11 is 0. The quantitative estimate of drug-likeness (QED) is 0.391. The number of aromatic hydroxyl groups is 1. The molecule has 0 aliphatic carbocycles. The lowest BCUT2D eigenvalue weighted by molar-refractivity contribution is 0.474. The first-order chi connectivity index (χ1) is 13.3. The molecular weight excluding hydrogens is 328 g/mol. The summed E-state index contributed by atoms with van der Waals surface area (Å²) in [7, 11) is 0. The molecule has 1 nitrogen and oxygen atoms in total. The topological polar surface area (TPSA) is 20.2 Å². The van der Waals surface area contributed by atoms with Crippen molar-refractivity contribution < 1.29 is 5.11 Å². The molecule has 0 atom stereocenters. The van der Waals surface area contributed by atoms with Gasteiger partial charge in [-0.15, -0.1) is 0 Å². The minimum absolute atomic E-state index is 0.310. The second-order valence-corrected chi connectivity index (χ2v) is 6.82. The largest absolute Gasteiger partial charge is 0.508 e. The number of rotatable bonds is 6. The smallest absolute Gasteiger partial charge is 0.116 e. The molecule has 0 radical (unpaired) electrons. The van der Waals surface area contributed by atoms with Crippen molar-refractivity contribution >= 4 is 0 Å². The Labute approximate surface area is 162 Å². The minimum atomic E-state index is 0.310. The first-order valence-corrected chi connectivity index (χ1v) is 9.76. The van der Waals surface area contributed by atoms with Crippen LogP contribution < -0.4 is 0 Å². The average Bonchev–Trinajstić information content (AvgIpc) is 2.71. The van der Waals surface area contributed by atoms with Crippen molar-refractivity contribution in [2.75, 3.05) is 0 Å². The predicted octanol–water partition coefficient (Wildman–Crippen LogP) is 6.58. The number of phenols is 1. The average molecular weight is 354 g/mol. The maximum Gasteiger partial charge on any atom is 0.116 e. The maximum absolute atomic E-state index is 10.3. The second-order valence-electron chi connectivity index (χ2n) is 6.82. The van der Waals surface area contributed by atoms with Crippen LogP contribution in [0, 0.1) is 11.8 Å². The zero-order valence-corrected chi connectivity index (χ0v) is 15.9. The Kier molecular flexibility index (Phi) is 6.72. The van der Waals surface area contributed by atoms with E-state index in [-0.39, 0.29) is 0 Å². The standard InChI is InChI=1S/C26H26O/c1-2-3-4-9-16-23-19-24(27)20-26(22-14-10-6-11-15-22)25(23)18-17-21-12-7-5-8-13-21/h5-8,10-15,19-20,27H,2-4,9,16H2,1H3. The Hall–Kier alpha value is -2.98. The maximum atomic E-state index is 10.3. The zero-order chi connectivity index (χ0) is 18.9. The summed E-state index contributed by atoms with van der Waals surface area (Å²) in [4.78, 5) is 0. The SMILES string of the molecule is CCCCCCc1cc(O)cc(-c2ccccc2)c1C#Cc1ccccc1. The molecule has 0 aliphatic rings. The normalized spacial score (nSPS) is 10.3. The van der Waals surface area contributed by atoms with Gasteiger partial charge in [-0.05, 0) is 48.2 Å². The Bertz CT molecular complexity index is 915. The third kappa shape index (κ3) is 5.25. The molecule has 27 heavy (non-hydrogen) atoms. The van der Waals surface area contributed by atoms with Crippen LogP contribution in [-0.4, -0.2) is 5.11 Å². The monoisotopic (exact) mass is 354 g/mol. The van der Waals surface area contributed by atoms with Crippen LogP contribution in [0.4, 0.5) is 0 Å². The molecule has 3 rings (SSSR count). The number of phenolic OH excluding ortho intramolecular Hbond substituents is 1. The molecular formula is C26H26O. The van der Waals surface area contributed by atoms with E-state index in [0.29, 0.717) is 5.75 Å². The van der Waals surface area contributed by atoms with Gasteiger partial charge in [-0.1, -0.05) is 86.6 Å². The summed E-state index contributed by atoms with van der Waals surface area (Å²) in [6.45, 7) is 2.22. The van der Waals surface area contributed by atoms with Gasteiger partial charge in [-0.2, -0.15) is 0 Å². The summed E-state index contributed by atoms with van der Waals surface area (Å²) < 4.78 is 0. The first-order valence-electron chi connectivity index (χ1n) is 9.76. The van der Waals surface area contributed by atoms with E-state index in [4.69, 9.17) is 0 Å². The van der Waals surface area contributed by atoms with Gasteiger partial charge in [0.2, 0.25) is 0 Å². The fraction of sp³-hybridized carbons (Fsp3) is 0.231. The Morgan fingerprint density at radius 2 is 1.48 bits per heavy atom. The second kappa shape index (κ2) is 9.64. The van der Waals surface area contributed by atoms with Crippen molar-refractivity contribution in [3.05, 3.63) is 89.5 Å². The van der Waals surface area contributed by atoms with Gasteiger partial charge in [0.15, 0.2) is 0 Å². The Morgan fingerprint density at radius 3 is 2.19 bits per heavy atom. The van der Waals surface area contributed by atoms with Crippen LogP contribution in [0.15, 0.2) is 72.8 Å². The number of benzene rings is 3. The summed E-state index contributed by atoms with van der Waals surface area (Å²) in [5.41, 5.74) is 5.25. The van der Waals surface area contributed by atoms with Crippen LogP contribution in [0.1, 0.15) is 49.3 Å². The molecule has 0 spiro atoms. The molecule has 1 heteroatoms. The Morgan fingerprint density at radius 1 is 0.778 bits per heavy atom. The lowest BCUT2D eigenvalue weighted by atomic mass is 9.92. The van der Waals surface area contributed by atoms with E-state index in [1.54, 1.807) is 0 Å². The number of hydrogen-bond donors (Lipinski definition) is 1. The fourth-order valence-corrected chi connectivity index (χ4v) is 3.27. The number of unbranched alkanes of at least 4 members (excludes halogenated alkanes) is 3. The van der Waals surface area contributed by atoms with Gasteiger partial charge in [-0.3, -0.25) is 0 Å². The summed E-state index contributed by atoms with van der Waals surface area (Å²) in [6.07, 6.45) is 5.72. The van der Waals surface area contributed by atoms with Crippen molar-refractivity contribution in [3.63, 3.8) is 0 Å². The molecule has 0 aromatic heterocycles. The van der Waals surface area contributed by atoms with Crippen LogP contribution in [0.5, 0.6) is 5.75 Å². The van der Waals surface area contributed by atoms with Crippen molar-refractivity contribution in [3.8, 4) is 28.7 Å². The third-order valence-corrected chi connectivity index (χ3v) is 4.69. The molecule has 0 unspecified atom stereocenters. The summed E-state index contributed by atoms with van der Waals surface area (Å²) in [5.74, 6) is 7.01. The summed E-state index contributed by atoms with van der Waals surface area (Å²) in [6, 6.07) is 24.0. The molecule has 0 aliphatic heterocycles. The molecule has 3 aromatic rings. The highest BCUT2D eigenvalue weighted by molar-refractivity contribution is 5.75. The van der Waals surface area contributed by atoms with Crippen LogP contribution in [0.25, 0.3) is 11.1 Å². The predicted molar refractivity (Wildman–Crippen MR) is 114 cm³/mol. The molecule has 136 valence electrons. The molecule has 0 heterocycles. The first kappa shape index (κ1) is 18.8. The van der Waals surface area contributed by atoms with Gasteiger partial charge in [0, 0.05) is 16.7 Å². The van der Waals surface area contributed by atoms with E-state index in [9.17, 15) is 5.11 Å². The minimum Gasteiger partial charge on any atom is -0.508 e. The molecule has 3 aromatic carbocycles. The molecule has 0 amide bonds. The van der Waals surface area contributed by atoms with Gasteiger partial charge >= 0.3 is 0 Å². The van der Waals surface area contributed by atoms with Crippen LogP contribution in [0.2, 0.25) is 0 Å². The number of aryl methyl sites for hydroxylation is 1. The van der Waals surface area contributed by atoms with Crippen LogP contribution in [0.3, 0.4) is 0 Å². The highest BCUT2D eigenvalue weighted by Gasteiger charge is 2.11.